The Morgan fingerprint density at radius 1 is 1.06 bits per heavy atom. The van der Waals surface area contributed by atoms with Crippen LogP contribution in [0.2, 0.25) is 0 Å². The van der Waals surface area contributed by atoms with Crippen molar-refractivity contribution in [1.82, 2.24) is 0 Å². The third-order valence-corrected chi connectivity index (χ3v) is 2.89. The van der Waals surface area contributed by atoms with Gasteiger partial charge in [0, 0.05) is 0 Å². The fraction of sp³-hybridized carbons (Fsp3) is 0.200. The molecule has 0 fully saturated rings. The van der Waals surface area contributed by atoms with Crippen LogP contribution in [-0.4, -0.2) is 5.11 Å². The van der Waals surface area contributed by atoms with Gasteiger partial charge in [0.2, 0.25) is 0 Å². The minimum Gasteiger partial charge on any atom is -0.454 e. The highest BCUT2D eigenvalue weighted by Crippen LogP contribution is 2.26. The molecule has 0 amide bonds. The Kier molecular flexibility index (Phi) is 3.63. The van der Waals surface area contributed by atoms with Gasteiger partial charge in [0.15, 0.2) is 11.6 Å². The fourth-order valence-corrected chi connectivity index (χ4v) is 1.63. The molecule has 0 aliphatic rings. The maximum absolute atomic E-state index is 13.7. The summed E-state index contributed by atoms with van der Waals surface area (Å²) in [5.41, 5.74) is 2.79. The standard InChI is InChI=1S/C15H15FO2/c1-10-3-5-13(7-11(10)2)18-15-6-4-12(9-17)8-14(15)16/h3-8,17H,9H2,1-2H3. The summed E-state index contributed by atoms with van der Waals surface area (Å²) in [7, 11) is 0. The molecule has 18 heavy (non-hydrogen) atoms. The molecule has 0 aliphatic carbocycles. The number of aliphatic hydroxyl groups excluding tert-OH is 1. The van der Waals surface area contributed by atoms with Crippen LogP contribution in [0, 0.1) is 19.7 Å². The Morgan fingerprint density at radius 3 is 2.44 bits per heavy atom. The number of hydrogen-bond acceptors (Lipinski definition) is 2. The van der Waals surface area contributed by atoms with Crippen molar-refractivity contribution in [3.63, 3.8) is 0 Å². The van der Waals surface area contributed by atoms with Crippen molar-refractivity contribution in [1.29, 1.82) is 0 Å². The average molecular weight is 246 g/mol. The van der Waals surface area contributed by atoms with Crippen molar-refractivity contribution in [3.05, 3.63) is 58.9 Å². The van der Waals surface area contributed by atoms with E-state index in [9.17, 15) is 4.39 Å². The zero-order valence-corrected chi connectivity index (χ0v) is 10.4. The summed E-state index contributed by atoms with van der Waals surface area (Å²) in [6, 6.07) is 10.0. The molecule has 0 bridgehead atoms. The molecular weight excluding hydrogens is 231 g/mol. The number of benzene rings is 2. The van der Waals surface area contributed by atoms with Crippen LogP contribution in [0.3, 0.4) is 0 Å². The number of aryl methyl sites for hydroxylation is 2. The minimum atomic E-state index is -0.472. The molecular formula is C15H15FO2. The Labute approximate surface area is 106 Å². The van der Waals surface area contributed by atoms with Crippen LogP contribution >= 0.6 is 0 Å². The molecule has 0 radical (unpaired) electrons. The lowest BCUT2D eigenvalue weighted by Crippen LogP contribution is -1.92. The monoisotopic (exact) mass is 246 g/mol. The van der Waals surface area contributed by atoms with E-state index in [2.05, 4.69) is 0 Å². The van der Waals surface area contributed by atoms with Crippen molar-refractivity contribution in [2.75, 3.05) is 0 Å². The molecule has 0 unspecified atom stereocenters. The molecule has 94 valence electrons. The van der Waals surface area contributed by atoms with Gasteiger partial charge in [-0.2, -0.15) is 0 Å². The van der Waals surface area contributed by atoms with Crippen LogP contribution in [0.5, 0.6) is 11.5 Å². The van der Waals surface area contributed by atoms with E-state index in [1.165, 1.54) is 17.7 Å². The van der Waals surface area contributed by atoms with Gasteiger partial charge in [0.25, 0.3) is 0 Å². The quantitative estimate of drug-likeness (QED) is 0.894. The molecule has 2 rings (SSSR count). The summed E-state index contributed by atoms with van der Waals surface area (Å²) in [5.74, 6) is 0.295. The smallest absolute Gasteiger partial charge is 0.166 e. The summed E-state index contributed by atoms with van der Waals surface area (Å²) in [5, 5.41) is 8.90. The SMILES string of the molecule is Cc1ccc(Oc2ccc(CO)cc2F)cc1C. The molecule has 0 saturated heterocycles. The van der Waals surface area contributed by atoms with E-state index >= 15 is 0 Å². The second-order valence-corrected chi connectivity index (χ2v) is 4.27. The number of ether oxygens (including phenoxy) is 1. The molecule has 1 N–H and O–H groups in total. The van der Waals surface area contributed by atoms with E-state index in [0.29, 0.717) is 11.3 Å². The predicted molar refractivity (Wildman–Crippen MR) is 68.3 cm³/mol. The van der Waals surface area contributed by atoms with E-state index in [0.717, 1.165) is 5.56 Å². The van der Waals surface area contributed by atoms with Crippen molar-refractivity contribution in [3.8, 4) is 11.5 Å². The lowest BCUT2D eigenvalue weighted by molar-refractivity contribution is 0.281. The molecule has 0 atom stereocenters. The highest BCUT2D eigenvalue weighted by atomic mass is 19.1. The molecule has 0 aromatic heterocycles. The fourth-order valence-electron chi connectivity index (χ4n) is 1.63. The Balaban J connectivity index is 2.25. The summed E-state index contributed by atoms with van der Waals surface area (Å²) in [6.45, 7) is 3.81. The molecule has 2 aromatic carbocycles. The Bertz CT molecular complexity index is 564. The first-order valence-corrected chi connectivity index (χ1v) is 5.74. The third kappa shape index (κ3) is 2.68. The molecule has 0 spiro atoms. The van der Waals surface area contributed by atoms with Crippen molar-refractivity contribution < 1.29 is 14.2 Å². The van der Waals surface area contributed by atoms with Gasteiger partial charge in [0.1, 0.15) is 5.75 Å². The second-order valence-electron chi connectivity index (χ2n) is 4.27. The van der Waals surface area contributed by atoms with Gasteiger partial charge in [0.05, 0.1) is 6.61 Å². The van der Waals surface area contributed by atoms with E-state index < -0.39 is 5.82 Å². The topological polar surface area (TPSA) is 29.5 Å². The highest BCUT2D eigenvalue weighted by Gasteiger charge is 2.06. The van der Waals surface area contributed by atoms with Crippen LogP contribution in [0.1, 0.15) is 16.7 Å². The first-order valence-electron chi connectivity index (χ1n) is 5.74. The van der Waals surface area contributed by atoms with Crippen LogP contribution in [0.15, 0.2) is 36.4 Å². The molecule has 0 aliphatic heterocycles. The lowest BCUT2D eigenvalue weighted by atomic mass is 10.1. The highest BCUT2D eigenvalue weighted by molar-refractivity contribution is 5.38. The number of halogens is 1. The predicted octanol–water partition coefficient (Wildman–Crippen LogP) is 3.73. The van der Waals surface area contributed by atoms with Crippen LogP contribution in [-0.2, 0) is 6.61 Å². The van der Waals surface area contributed by atoms with Gasteiger partial charge in [-0.15, -0.1) is 0 Å². The normalized spacial score (nSPS) is 10.4. The Morgan fingerprint density at radius 2 is 1.83 bits per heavy atom. The zero-order chi connectivity index (χ0) is 13.1. The summed E-state index contributed by atoms with van der Waals surface area (Å²) < 4.78 is 19.2. The third-order valence-electron chi connectivity index (χ3n) is 2.89. The zero-order valence-electron chi connectivity index (χ0n) is 10.4. The van der Waals surface area contributed by atoms with Gasteiger partial charge in [-0.05, 0) is 54.8 Å². The summed E-state index contributed by atoms with van der Waals surface area (Å²) >= 11 is 0. The first kappa shape index (κ1) is 12.6. The number of rotatable bonds is 3. The maximum Gasteiger partial charge on any atom is 0.166 e. The van der Waals surface area contributed by atoms with E-state index in [4.69, 9.17) is 9.84 Å². The number of aliphatic hydroxyl groups is 1. The summed E-state index contributed by atoms with van der Waals surface area (Å²) in [6.07, 6.45) is 0. The van der Waals surface area contributed by atoms with Gasteiger partial charge in [-0.3, -0.25) is 0 Å². The van der Waals surface area contributed by atoms with Gasteiger partial charge >= 0.3 is 0 Å². The van der Waals surface area contributed by atoms with E-state index in [1.807, 2.05) is 32.0 Å². The van der Waals surface area contributed by atoms with Gasteiger partial charge < -0.3 is 9.84 Å². The lowest BCUT2D eigenvalue weighted by Gasteiger charge is -2.09. The van der Waals surface area contributed by atoms with Gasteiger partial charge in [-0.25, -0.2) is 4.39 Å². The van der Waals surface area contributed by atoms with Crippen molar-refractivity contribution >= 4 is 0 Å². The molecule has 3 heteroatoms. The van der Waals surface area contributed by atoms with Crippen LogP contribution in [0.4, 0.5) is 4.39 Å². The molecule has 0 saturated carbocycles. The largest absolute Gasteiger partial charge is 0.454 e. The van der Waals surface area contributed by atoms with E-state index in [1.54, 1.807) is 6.07 Å². The second kappa shape index (κ2) is 5.19. The Hall–Kier alpha value is -1.87. The van der Waals surface area contributed by atoms with Crippen LogP contribution < -0.4 is 4.74 Å². The minimum absolute atomic E-state index is 0.162. The van der Waals surface area contributed by atoms with Crippen LogP contribution in [0.25, 0.3) is 0 Å². The van der Waals surface area contributed by atoms with Gasteiger partial charge in [-0.1, -0.05) is 12.1 Å². The average Bonchev–Trinajstić information content (AvgIpc) is 2.36. The first-order chi connectivity index (χ1) is 8.60. The van der Waals surface area contributed by atoms with E-state index in [-0.39, 0.29) is 12.4 Å². The molecule has 2 nitrogen and oxygen atoms in total. The summed E-state index contributed by atoms with van der Waals surface area (Å²) in [4.78, 5) is 0. The van der Waals surface area contributed by atoms with Crippen molar-refractivity contribution in [2.24, 2.45) is 0 Å². The molecule has 2 aromatic rings. The molecule has 0 heterocycles. The van der Waals surface area contributed by atoms with Crippen molar-refractivity contribution in [2.45, 2.75) is 20.5 Å². The number of hydrogen-bond donors (Lipinski definition) is 1. The maximum atomic E-state index is 13.7.